The van der Waals surface area contributed by atoms with Gasteiger partial charge in [0.1, 0.15) is 11.1 Å². The molecule has 0 saturated carbocycles. The number of nitrogens with one attached hydrogen (secondary N) is 1. The first-order valence-electron chi connectivity index (χ1n) is 11.4. The number of nitrogen functional groups attached to an aromatic ring is 1. The summed E-state index contributed by atoms with van der Waals surface area (Å²) in [6.07, 6.45) is 7.41. The lowest BCUT2D eigenvalue weighted by molar-refractivity contribution is -0.134. The zero-order valence-corrected chi connectivity index (χ0v) is 21.8. The zero-order valence-electron chi connectivity index (χ0n) is 20.1. The number of anilines is 3. The van der Waals surface area contributed by atoms with E-state index >= 15 is 0 Å². The molecule has 12 nitrogen and oxygen atoms in total. The predicted molar refractivity (Wildman–Crippen MR) is 143 cm³/mol. The van der Waals surface area contributed by atoms with Gasteiger partial charge in [-0.3, -0.25) is 4.72 Å². The van der Waals surface area contributed by atoms with Crippen molar-refractivity contribution < 1.29 is 22.7 Å². The predicted octanol–water partition coefficient (Wildman–Crippen LogP) is 2.63. The molecule has 1 saturated heterocycles. The maximum atomic E-state index is 13.0. The number of thiophene rings is 1. The summed E-state index contributed by atoms with van der Waals surface area (Å²) >= 11 is 1.23. The average Bonchev–Trinajstić information content (AvgIpc) is 3.33. The Balaban J connectivity index is 1.33. The smallest absolute Gasteiger partial charge is 0.330 e. The van der Waals surface area contributed by atoms with E-state index in [-0.39, 0.29) is 16.9 Å². The number of nitrogens with two attached hydrogens (primary N) is 1. The van der Waals surface area contributed by atoms with Crippen molar-refractivity contribution in [3.8, 4) is 0 Å². The SMILES string of the molecule is COC(=O)C=Cc1cccc(S(=O)(=O)Nc2cc3nc(N4CCOC(c5cnc(N)nc5)C4)ncc3s2)c1. The molecule has 0 aliphatic carbocycles. The monoisotopic (exact) mass is 553 g/mol. The van der Waals surface area contributed by atoms with E-state index in [9.17, 15) is 13.2 Å². The summed E-state index contributed by atoms with van der Waals surface area (Å²) in [5.74, 6) is 0.177. The Labute approximate surface area is 222 Å². The average molecular weight is 554 g/mol. The Morgan fingerprint density at radius 3 is 2.84 bits per heavy atom. The molecule has 1 unspecified atom stereocenters. The van der Waals surface area contributed by atoms with Crippen LogP contribution in [0.3, 0.4) is 0 Å². The van der Waals surface area contributed by atoms with Crippen molar-refractivity contribution in [1.82, 2.24) is 19.9 Å². The molecule has 1 fully saturated rings. The first kappa shape index (κ1) is 25.5. The van der Waals surface area contributed by atoms with E-state index in [2.05, 4.69) is 29.4 Å². The summed E-state index contributed by atoms with van der Waals surface area (Å²) in [5.41, 5.74) is 7.55. The molecule has 0 spiro atoms. The second-order valence-electron chi connectivity index (χ2n) is 8.24. The summed E-state index contributed by atoms with van der Waals surface area (Å²) in [7, 11) is -2.62. The van der Waals surface area contributed by atoms with Crippen LogP contribution in [0.2, 0.25) is 0 Å². The number of hydrogen-bond acceptors (Lipinski definition) is 12. The third-order valence-electron chi connectivity index (χ3n) is 5.69. The minimum absolute atomic E-state index is 0.0553. The summed E-state index contributed by atoms with van der Waals surface area (Å²) in [6.45, 7) is 1.57. The van der Waals surface area contributed by atoms with Crippen LogP contribution in [0.5, 0.6) is 0 Å². The van der Waals surface area contributed by atoms with Crippen molar-refractivity contribution in [3.05, 3.63) is 66.1 Å². The van der Waals surface area contributed by atoms with Crippen LogP contribution in [-0.4, -0.2) is 61.1 Å². The number of fused-ring (bicyclic) bond motifs is 1. The number of morpholine rings is 1. The van der Waals surface area contributed by atoms with Crippen LogP contribution in [0.15, 0.2) is 59.9 Å². The van der Waals surface area contributed by atoms with Gasteiger partial charge in [0.05, 0.1) is 41.6 Å². The molecule has 1 atom stereocenters. The van der Waals surface area contributed by atoms with Gasteiger partial charge >= 0.3 is 5.97 Å². The molecule has 3 N–H and O–H groups in total. The van der Waals surface area contributed by atoms with Gasteiger partial charge < -0.3 is 20.1 Å². The summed E-state index contributed by atoms with van der Waals surface area (Å²) in [6, 6.07) is 7.90. The normalized spacial score (nSPS) is 16.1. The van der Waals surface area contributed by atoms with Gasteiger partial charge in [-0.2, -0.15) is 0 Å². The lowest BCUT2D eigenvalue weighted by Gasteiger charge is -2.32. The molecule has 3 aromatic heterocycles. The molecule has 1 aromatic carbocycles. The number of methoxy groups -OCH3 is 1. The Kier molecular flexibility index (Phi) is 7.18. The minimum Gasteiger partial charge on any atom is -0.466 e. The first-order chi connectivity index (χ1) is 18.3. The van der Waals surface area contributed by atoms with Crippen LogP contribution >= 0.6 is 11.3 Å². The molecule has 1 aliphatic heterocycles. The maximum Gasteiger partial charge on any atom is 0.330 e. The highest BCUT2D eigenvalue weighted by Gasteiger charge is 2.25. The number of rotatable bonds is 7. The molecule has 4 heterocycles. The van der Waals surface area contributed by atoms with E-state index < -0.39 is 16.0 Å². The number of carbonyl (C=O) groups is 1. The van der Waals surface area contributed by atoms with Crippen molar-refractivity contribution in [2.24, 2.45) is 0 Å². The molecule has 196 valence electrons. The van der Waals surface area contributed by atoms with Gasteiger partial charge in [-0.15, -0.1) is 11.3 Å². The van der Waals surface area contributed by atoms with Crippen LogP contribution in [0.4, 0.5) is 16.9 Å². The van der Waals surface area contributed by atoms with Gasteiger partial charge in [0, 0.05) is 30.6 Å². The quantitative estimate of drug-likeness (QED) is 0.255. The molecule has 38 heavy (non-hydrogen) atoms. The maximum absolute atomic E-state index is 13.0. The summed E-state index contributed by atoms with van der Waals surface area (Å²) in [4.78, 5) is 30.6. The lowest BCUT2D eigenvalue weighted by atomic mass is 10.1. The Morgan fingerprint density at radius 2 is 2.05 bits per heavy atom. The van der Waals surface area contributed by atoms with Crippen molar-refractivity contribution in [3.63, 3.8) is 0 Å². The summed E-state index contributed by atoms with van der Waals surface area (Å²) < 4.78 is 39.8. The zero-order chi connectivity index (χ0) is 26.7. The van der Waals surface area contributed by atoms with Crippen molar-refractivity contribution in [2.45, 2.75) is 11.0 Å². The number of sulfonamides is 1. The Morgan fingerprint density at radius 1 is 1.24 bits per heavy atom. The second-order valence-corrected chi connectivity index (χ2v) is 11.0. The molecular weight excluding hydrogens is 530 g/mol. The van der Waals surface area contributed by atoms with Gasteiger partial charge in [-0.25, -0.2) is 33.1 Å². The van der Waals surface area contributed by atoms with Gasteiger partial charge in [-0.05, 0) is 29.8 Å². The number of esters is 1. The van der Waals surface area contributed by atoms with E-state index in [0.717, 1.165) is 10.3 Å². The molecular formula is C24H23N7O5S2. The number of carbonyl (C=O) groups excluding carboxylic acids is 1. The van der Waals surface area contributed by atoms with E-state index in [1.165, 1.54) is 42.7 Å². The van der Waals surface area contributed by atoms with Gasteiger partial charge in [0.2, 0.25) is 11.9 Å². The number of hydrogen-bond donors (Lipinski definition) is 2. The highest BCUT2D eigenvalue weighted by molar-refractivity contribution is 7.93. The van der Waals surface area contributed by atoms with Crippen molar-refractivity contribution in [1.29, 1.82) is 0 Å². The molecule has 1 aliphatic rings. The van der Waals surface area contributed by atoms with E-state index in [1.807, 2.05) is 4.90 Å². The van der Waals surface area contributed by atoms with Gasteiger partial charge in [0.15, 0.2) is 0 Å². The minimum atomic E-state index is -3.88. The van der Waals surface area contributed by atoms with Crippen LogP contribution in [0.25, 0.3) is 16.3 Å². The topological polar surface area (TPSA) is 163 Å². The number of ether oxygens (including phenoxy) is 2. The number of benzene rings is 1. The van der Waals surface area contributed by atoms with Crippen molar-refractivity contribution in [2.75, 3.05) is 42.2 Å². The highest BCUT2D eigenvalue weighted by Crippen LogP contribution is 2.32. The van der Waals surface area contributed by atoms with Gasteiger partial charge in [0.25, 0.3) is 10.0 Å². The Bertz CT molecular complexity index is 1610. The standard InChI is InChI=1S/C24H23N7O5S2/c1-35-22(32)6-5-15-3-2-4-17(9-15)38(33,34)30-21-10-18-20(37-21)13-28-24(29-18)31-7-8-36-19(14-31)16-11-26-23(25)27-12-16/h2-6,9-13,19,30H,7-8,14H2,1H3,(H2,25,26,27). The highest BCUT2D eigenvalue weighted by atomic mass is 32.2. The van der Waals surface area contributed by atoms with Crippen molar-refractivity contribution >= 4 is 60.5 Å². The second kappa shape index (κ2) is 10.7. The summed E-state index contributed by atoms with van der Waals surface area (Å²) in [5, 5.41) is 0.404. The fraction of sp³-hybridized carbons (Fsp3) is 0.208. The van der Waals surface area contributed by atoms with Crippen LogP contribution < -0.4 is 15.4 Å². The molecule has 0 bridgehead atoms. The van der Waals surface area contributed by atoms with Gasteiger partial charge in [-0.1, -0.05) is 12.1 Å². The third-order valence-corrected chi connectivity index (χ3v) is 8.15. The number of nitrogens with zero attached hydrogens (tertiary/aromatic N) is 5. The third kappa shape index (κ3) is 5.72. The Hall–Kier alpha value is -4.14. The molecule has 0 amide bonds. The molecule has 5 rings (SSSR count). The first-order valence-corrected chi connectivity index (χ1v) is 13.7. The van der Waals surface area contributed by atoms with E-state index in [0.29, 0.717) is 41.7 Å². The van der Waals surface area contributed by atoms with Crippen LogP contribution in [0.1, 0.15) is 17.2 Å². The van der Waals surface area contributed by atoms with Crippen LogP contribution in [-0.2, 0) is 24.3 Å². The van der Waals surface area contributed by atoms with E-state index in [1.54, 1.807) is 36.8 Å². The molecule has 14 heteroatoms. The molecule has 4 aromatic rings. The lowest BCUT2D eigenvalue weighted by Crippen LogP contribution is -2.39. The molecule has 0 radical (unpaired) electrons. The van der Waals surface area contributed by atoms with E-state index in [4.69, 9.17) is 10.5 Å². The fourth-order valence-electron chi connectivity index (χ4n) is 3.79. The fourth-order valence-corrected chi connectivity index (χ4v) is 6.00. The van der Waals surface area contributed by atoms with Crippen LogP contribution in [0, 0.1) is 0 Å². The largest absolute Gasteiger partial charge is 0.466 e. The number of aromatic nitrogens is 4.